The first kappa shape index (κ1) is 13.8. The lowest BCUT2D eigenvalue weighted by Gasteiger charge is -2.23. The number of carboxylic acid groups (broad SMARTS) is 1. The predicted octanol–water partition coefficient (Wildman–Crippen LogP) is 0.356. The highest BCUT2D eigenvalue weighted by Gasteiger charge is 2.40. The summed E-state index contributed by atoms with van der Waals surface area (Å²) in [4.78, 5) is 13.2. The van der Waals surface area contributed by atoms with Crippen molar-refractivity contribution in [2.45, 2.75) is 43.1 Å². The SMILES string of the molecule is O=C(O)CSc1nnc(CO)n1C1CCN2CCCC12. The van der Waals surface area contributed by atoms with E-state index in [1.54, 1.807) is 0 Å². The minimum Gasteiger partial charge on any atom is -0.481 e. The molecule has 2 saturated heterocycles. The van der Waals surface area contributed by atoms with E-state index in [-0.39, 0.29) is 18.4 Å². The zero-order valence-corrected chi connectivity index (χ0v) is 11.9. The van der Waals surface area contributed by atoms with E-state index in [0.717, 1.165) is 25.9 Å². The zero-order valence-electron chi connectivity index (χ0n) is 11.1. The van der Waals surface area contributed by atoms with Gasteiger partial charge in [0.2, 0.25) is 0 Å². The van der Waals surface area contributed by atoms with E-state index in [0.29, 0.717) is 17.0 Å². The molecule has 2 N–H and O–H groups in total. The second kappa shape index (κ2) is 5.71. The van der Waals surface area contributed by atoms with Gasteiger partial charge in [0, 0.05) is 12.6 Å². The number of hydrogen-bond acceptors (Lipinski definition) is 6. The number of carboxylic acids is 1. The van der Waals surface area contributed by atoms with Gasteiger partial charge >= 0.3 is 5.97 Å². The summed E-state index contributed by atoms with van der Waals surface area (Å²) in [6.45, 7) is 2.03. The van der Waals surface area contributed by atoms with Crippen molar-refractivity contribution < 1.29 is 15.0 Å². The first-order chi connectivity index (χ1) is 9.70. The Morgan fingerprint density at radius 3 is 2.90 bits per heavy atom. The average molecular weight is 298 g/mol. The Morgan fingerprint density at radius 1 is 1.30 bits per heavy atom. The molecule has 0 aliphatic carbocycles. The van der Waals surface area contributed by atoms with Crippen molar-refractivity contribution >= 4 is 17.7 Å². The molecule has 1 aromatic rings. The summed E-state index contributed by atoms with van der Waals surface area (Å²) in [6, 6.07) is 0.728. The van der Waals surface area contributed by atoms with Crippen molar-refractivity contribution in [3.63, 3.8) is 0 Å². The fourth-order valence-electron chi connectivity index (χ4n) is 3.33. The highest BCUT2D eigenvalue weighted by molar-refractivity contribution is 7.99. The molecule has 8 heteroatoms. The number of rotatable bonds is 5. The van der Waals surface area contributed by atoms with Gasteiger partial charge in [-0.1, -0.05) is 11.8 Å². The van der Waals surface area contributed by atoms with Crippen molar-refractivity contribution in [1.29, 1.82) is 0 Å². The molecule has 2 aliphatic rings. The molecule has 2 atom stereocenters. The Morgan fingerprint density at radius 2 is 2.15 bits per heavy atom. The molecule has 7 nitrogen and oxygen atoms in total. The number of aliphatic hydroxyl groups is 1. The largest absolute Gasteiger partial charge is 0.481 e. The Labute approximate surface area is 121 Å². The minimum absolute atomic E-state index is 0.0370. The van der Waals surface area contributed by atoms with Crippen molar-refractivity contribution in [2.24, 2.45) is 0 Å². The molecule has 0 aromatic carbocycles. The number of aliphatic carboxylic acids is 1. The molecule has 2 unspecified atom stereocenters. The third kappa shape index (κ3) is 2.43. The topological polar surface area (TPSA) is 91.5 Å². The number of aromatic nitrogens is 3. The quantitative estimate of drug-likeness (QED) is 0.758. The Hall–Kier alpha value is -1.12. The van der Waals surface area contributed by atoms with Crippen LogP contribution in [0.2, 0.25) is 0 Å². The maximum Gasteiger partial charge on any atom is 0.313 e. The van der Waals surface area contributed by atoms with Crippen molar-refractivity contribution in [1.82, 2.24) is 19.7 Å². The van der Waals surface area contributed by atoms with Crippen LogP contribution in [0.15, 0.2) is 5.16 Å². The average Bonchev–Trinajstić information content (AvgIpc) is 3.10. The lowest BCUT2D eigenvalue weighted by Crippen LogP contribution is -2.28. The summed E-state index contributed by atoms with van der Waals surface area (Å²) in [5.41, 5.74) is 0. The lowest BCUT2D eigenvalue weighted by atomic mass is 10.1. The first-order valence-electron chi connectivity index (χ1n) is 6.84. The number of carbonyl (C=O) groups is 1. The second-order valence-electron chi connectivity index (χ2n) is 5.21. The summed E-state index contributed by atoms with van der Waals surface area (Å²) in [7, 11) is 0. The molecule has 3 heterocycles. The molecular formula is C12H18N4O3S. The van der Waals surface area contributed by atoms with E-state index >= 15 is 0 Å². The smallest absolute Gasteiger partial charge is 0.313 e. The van der Waals surface area contributed by atoms with Gasteiger partial charge < -0.3 is 10.2 Å². The van der Waals surface area contributed by atoms with Crippen LogP contribution in [0, 0.1) is 0 Å². The Bertz CT molecular complexity index is 507. The minimum atomic E-state index is -0.871. The molecule has 0 radical (unpaired) electrons. The number of thioether (sulfide) groups is 1. The van der Waals surface area contributed by atoms with Crippen LogP contribution in [0.5, 0.6) is 0 Å². The van der Waals surface area contributed by atoms with E-state index in [2.05, 4.69) is 15.1 Å². The third-order valence-corrected chi connectivity index (χ3v) is 5.03. The fourth-order valence-corrected chi connectivity index (χ4v) is 4.06. The molecule has 2 fully saturated rings. The molecule has 1 aromatic heterocycles. The van der Waals surface area contributed by atoms with E-state index in [9.17, 15) is 9.90 Å². The van der Waals surface area contributed by atoms with E-state index in [1.165, 1.54) is 18.2 Å². The van der Waals surface area contributed by atoms with Crippen LogP contribution >= 0.6 is 11.8 Å². The van der Waals surface area contributed by atoms with Gasteiger partial charge in [-0.25, -0.2) is 0 Å². The second-order valence-corrected chi connectivity index (χ2v) is 6.15. The van der Waals surface area contributed by atoms with Gasteiger partial charge in [-0.2, -0.15) is 0 Å². The maximum absolute atomic E-state index is 10.7. The zero-order chi connectivity index (χ0) is 14.1. The van der Waals surface area contributed by atoms with E-state index < -0.39 is 5.97 Å². The lowest BCUT2D eigenvalue weighted by molar-refractivity contribution is -0.133. The van der Waals surface area contributed by atoms with Gasteiger partial charge in [0.1, 0.15) is 6.61 Å². The van der Waals surface area contributed by atoms with Gasteiger partial charge in [0.15, 0.2) is 11.0 Å². The van der Waals surface area contributed by atoms with Gasteiger partial charge in [-0.05, 0) is 25.8 Å². The van der Waals surface area contributed by atoms with E-state index in [1.807, 2.05) is 4.57 Å². The summed E-state index contributed by atoms with van der Waals surface area (Å²) in [5, 5.41) is 26.9. The van der Waals surface area contributed by atoms with Crippen LogP contribution in [0.1, 0.15) is 31.1 Å². The molecule has 20 heavy (non-hydrogen) atoms. The maximum atomic E-state index is 10.7. The van der Waals surface area contributed by atoms with Crippen LogP contribution < -0.4 is 0 Å². The molecular weight excluding hydrogens is 280 g/mol. The highest BCUT2D eigenvalue weighted by Crippen LogP contribution is 2.38. The number of nitrogens with zero attached hydrogens (tertiary/aromatic N) is 4. The standard InChI is InChI=1S/C12H18N4O3S/c17-6-10-13-14-12(20-7-11(18)19)16(10)9-3-5-15-4-1-2-8(9)15/h8-9,17H,1-7H2,(H,18,19). The van der Waals surface area contributed by atoms with Crippen molar-refractivity contribution in [3.8, 4) is 0 Å². The first-order valence-corrected chi connectivity index (χ1v) is 7.82. The summed E-state index contributed by atoms with van der Waals surface area (Å²) < 4.78 is 1.96. The monoisotopic (exact) mass is 298 g/mol. The summed E-state index contributed by atoms with van der Waals surface area (Å²) in [6.07, 6.45) is 3.36. The molecule has 0 spiro atoms. The molecule has 3 rings (SSSR count). The molecule has 110 valence electrons. The number of aliphatic hydroxyl groups excluding tert-OH is 1. The Kier molecular flexibility index (Phi) is 3.95. The normalized spacial score (nSPS) is 26.1. The summed E-state index contributed by atoms with van der Waals surface area (Å²) in [5.74, 6) is -0.370. The van der Waals surface area contributed by atoms with Crippen molar-refractivity contribution in [2.75, 3.05) is 18.8 Å². The van der Waals surface area contributed by atoms with Crippen molar-refractivity contribution in [3.05, 3.63) is 5.82 Å². The number of hydrogen-bond donors (Lipinski definition) is 2. The highest BCUT2D eigenvalue weighted by atomic mass is 32.2. The van der Waals surface area contributed by atoms with Gasteiger partial charge in [-0.15, -0.1) is 10.2 Å². The molecule has 0 amide bonds. The van der Waals surface area contributed by atoms with Crippen LogP contribution in [0.25, 0.3) is 0 Å². The van der Waals surface area contributed by atoms with Crippen LogP contribution in [-0.4, -0.2) is 60.7 Å². The third-order valence-electron chi connectivity index (χ3n) is 4.10. The summed E-state index contributed by atoms with van der Waals surface area (Å²) >= 11 is 1.17. The molecule has 0 bridgehead atoms. The molecule has 0 saturated carbocycles. The van der Waals surface area contributed by atoms with Gasteiger partial charge in [0.05, 0.1) is 11.8 Å². The number of fused-ring (bicyclic) bond motifs is 1. The Balaban J connectivity index is 1.86. The fraction of sp³-hybridized carbons (Fsp3) is 0.750. The van der Waals surface area contributed by atoms with Crippen LogP contribution in [0.3, 0.4) is 0 Å². The van der Waals surface area contributed by atoms with Gasteiger partial charge in [0.25, 0.3) is 0 Å². The predicted molar refractivity (Wildman–Crippen MR) is 72.6 cm³/mol. The van der Waals surface area contributed by atoms with Crippen LogP contribution in [-0.2, 0) is 11.4 Å². The molecule has 2 aliphatic heterocycles. The van der Waals surface area contributed by atoms with Crippen LogP contribution in [0.4, 0.5) is 0 Å². The van der Waals surface area contributed by atoms with E-state index in [4.69, 9.17) is 5.11 Å². The van der Waals surface area contributed by atoms with Gasteiger partial charge in [-0.3, -0.25) is 14.3 Å².